The molecule has 0 heterocycles. The van der Waals surface area contributed by atoms with Crippen molar-refractivity contribution in [2.24, 2.45) is 0 Å². The molecule has 1 rings (SSSR count). The lowest BCUT2D eigenvalue weighted by atomic mass is 9.95. The first-order valence-electron chi connectivity index (χ1n) is 5.46. The maximum absolute atomic E-state index is 11.3. The van der Waals surface area contributed by atoms with Crippen LogP contribution in [0, 0.1) is 0 Å². The average molecular weight is 216 g/mol. The third kappa shape index (κ3) is 4.51. The van der Waals surface area contributed by atoms with E-state index in [-0.39, 0.29) is 0 Å². The molecule has 1 fully saturated rings. The van der Waals surface area contributed by atoms with E-state index >= 15 is 0 Å². The van der Waals surface area contributed by atoms with Gasteiger partial charge in [-0.1, -0.05) is 6.42 Å². The summed E-state index contributed by atoms with van der Waals surface area (Å²) in [6.45, 7) is 5.35. The van der Waals surface area contributed by atoms with Crippen LogP contribution in [-0.4, -0.2) is 29.1 Å². The molecule has 0 bridgehead atoms. The predicted octanol–water partition coefficient (Wildman–Crippen LogP) is 2.24. The number of carbonyl (C=O) groups excluding carboxylic acids is 1. The Hall–Kier alpha value is -0.770. The number of hydrogen-bond donors (Lipinski definition) is 1. The minimum atomic E-state index is -0.687. The smallest absolute Gasteiger partial charge is 0.429 e. The number of hydrogen-bond acceptors (Lipinski definition) is 4. The van der Waals surface area contributed by atoms with E-state index in [9.17, 15) is 9.90 Å². The zero-order valence-electron chi connectivity index (χ0n) is 9.66. The Bertz CT molecular complexity index is 219. The highest BCUT2D eigenvalue weighted by Gasteiger charge is 2.28. The Morgan fingerprint density at radius 1 is 1.27 bits per heavy atom. The standard InChI is InChI=1S/C11H20O4/c1-11(2,3)15-10(13)14-9-7-5-4-6-8(9)12/h8-9,12H,4-7H2,1-3H3/t8-,9-/m1/s1. The quantitative estimate of drug-likeness (QED) is 0.683. The Kier molecular flexibility index (Phi) is 3.97. The molecule has 0 aromatic heterocycles. The summed E-state index contributed by atoms with van der Waals surface area (Å²) in [5.41, 5.74) is -0.545. The lowest BCUT2D eigenvalue weighted by Gasteiger charge is -2.28. The molecule has 1 aliphatic carbocycles. The summed E-state index contributed by atoms with van der Waals surface area (Å²) in [6.07, 6.45) is 1.79. The first-order chi connectivity index (χ1) is 6.88. The van der Waals surface area contributed by atoms with Gasteiger partial charge in [-0.3, -0.25) is 0 Å². The van der Waals surface area contributed by atoms with Crippen LogP contribution in [0.4, 0.5) is 4.79 Å². The van der Waals surface area contributed by atoms with Crippen LogP contribution in [0.2, 0.25) is 0 Å². The molecule has 2 atom stereocenters. The monoisotopic (exact) mass is 216 g/mol. The van der Waals surface area contributed by atoms with Crippen molar-refractivity contribution < 1.29 is 19.4 Å². The molecule has 0 spiro atoms. The highest BCUT2D eigenvalue weighted by molar-refractivity contribution is 5.60. The van der Waals surface area contributed by atoms with E-state index in [1.165, 1.54) is 0 Å². The van der Waals surface area contributed by atoms with Crippen molar-refractivity contribution in [1.29, 1.82) is 0 Å². The van der Waals surface area contributed by atoms with E-state index in [0.717, 1.165) is 19.3 Å². The minimum Gasteiger partial charge on any atom is -0.429 e. The maximum Gasteiger partial charge on any atom is 0.509 e. The molecule has 0 saturated heterocycles. The molecule has 1 saturated carbocycles. The molecule has 0 aromatic rings. The van der Waals surface area contributed by atoms with E-state index in [1.807, 2.05) is 0 Å². The lowest BCUT2D eigenvalue weighted by molar-refractivity contribution is -0.0712. The molecule has 4 heteroatoms. The van der Waals surface area contributed by atoms with Crippen molar-refractivity contribution in [2.75, 3.05) is 0 Å². The molecule has 15 heavy (non-hydrogen) atoms. The second-order valence-corrected chi connectivity index (χ2v) is 4.97. The molecule has 1 aliphatic rings. The van der Waals surface area contributed by atoms with Crippen LogP contribution < -0.4 is 0 Å². The second-order valence-electron chi connectivity index (χ2n) is 4.97. The fraction of sp³-hybridized carbons (Fsp3) is 0.909. The van der Waals surface area contributed by atoms with Crippen molar-refractivity contribution in [3.05, 3.63) is 0 Å². The zero-order valence-corrected chi connectivity index (χ0v) is 9.66. The lowest BCUT2D eigenvalue weighted by Crippen LogP contribution is -2.36. The minimum absolute atomic E-state index is 0.395. The van der Waals surface area contributed by atoms with Crippen LogP contribution >= 0.6 is 0 Å². The second kappa shape index (κ2) is 4.84. The summed E-state index contributed by atoms with van der Waals surface area (Å²) in [6, 6.07) is 0. The highest BCUT2D eigenvalue weighted by atomic mass is 16.7. The summed E-state index contributed by atoms with van der Waals surface area (Å²) in [7, 11) is 0. The van der Waals surface area contributed by atoms with Crippen LogP contribution in [0.25, 0.3) is 0 Å². The normalized spacial score (nSPS) is 27.2. The first kappa shape index (κ1) is 12.3. The summed E-state index contributed by atoms with van der Waals surface area (Å²) >= 11 is 0. The summed E-state index contributed by atoms with van der Waals surface area (Å²) in [4.78, 5) is 11.3. The van der Waals surface area contributed by atoms with Crippen LogP contribution in [-0.2, 0) is 9.47 Å². The van der Waals surface area contributed by atoms with Gasteiger partial charge in [-0.05, 0) is 40.0 Å². The van der Waals surface area contributed by atoms with Gasteiger partial charge in [0.1, 0.15) is 11.7 Å². The summed E-state index contributed by atoms with van der Waals surface area (Å²) in [5.74, 6) is 0. The summed E-state index contributed by atoms with van der Waals surface area (Å²) < 4.78 is 10.1. The number of aliphatic hydroxyl groups excluding tert-OH is 1. The van der Waals surface area contributed by atoms with Crippen molar-refractivity contribution in [3.8, 4) is 0 Å². The molecule has 0 aliphatic heterocycles. The molecule has 0 radical (unpaired) electrons. The molecule has 88 valence electrons. The number of ether oxygens (including phenoxy) is 2. The Morgan fingerprint density at radius 3 is 2.40 bits per heavy atom. The van der Waals surface area contributed by atoms with Crippen molar-refractivity contribution in [1.82, 2.24) is 0 Å². The van der Waals surface area contributed by atoms with Crippen LogP contribution in [0.1, 0.15) is 46.5 Å². The average Bonchev–Trinajstić information content (AvgIpc) is 2.05. The molecule has 4 nitrogen and oxygen atoms in total. The van der Waals surface area contributed by atoms with Gasteiger partial charge in [0.15, 0.2) is 0 Å². The van der Waals surface area contributed by atoms with E-state index in [4.69, 9.17) is 9.47 Å². The third-order valence-electron chi connectivity index (χ3n) is 2.30. The van der Waals surface area contributed by atoms with Gasteiger partial charge < -0.3 is 14.6 Å². The molecule has 1 N–H and O–H groups in total. The third-order valence-corrected chi connectivity index (χ3v) is 2.30. The van der Waals surface area contributed by atoms with Gasteiger partial charge in [-0.25, -0.2) is 4.79 Å². The van der Waals surface area contributed by atoms with E-state index in [2.05, 4.69) is 0 Å². The van der Waals surface area contributed by atoms with Gasteiger partial charge in [-0.15, -0.1) is 0 Å². The van der Waals surface area contributed by atoms with Gasteiger partial charge in [-0.2, -0.15) is 0 Å². The molecule has 0 amide bonds. The molecular weight excluding hydrogens is 196 g/mol. The Morgan fingerprint density at radius 2 is 1.87 bits per heavy atom. The van der Waals surface area contributed by atoms with Crippen LogP contribution in [0.15, 0.2) is 0 Å². The van der Waals surface area contributed by atoms with Gasteiger partial charge in [0.05, 0.1) is 6.10 Å². The number of carbonyl (C=O) groups is 1. The van der Waals surface area contributed by atoms with Gasteiger partial charge in [0, 0.05) is 0 Å². The molecule has 0 unspecified atom stereocenters. The number of rotatable bonds is 1. The van der Waals surface area contributed by atoms with E-state index < -0.39 is 24.0 Å². The fourth-order valence-corrected chi connectivity index (χ4v) is 1.61. The maximum atomic E-state index is 11.3. The molecule has 0 aromatic carbocycles. The molecular formula is C11H20O4. The Labute approximate surface area is 90.6 Å². The van der Waals surface area contributed by atoms with Gasteiger partial charge >= 0.3 is 6.16 Å². The predicted molar refractivity (Wildman–Crippen MR) is 55.6 cm³/mol. The SMILES string of the molecule is CC(C)(C)OC(=O)O[C@@H]1CCCC[C@H]1O. The van der Waals surface area contributed by atoms with E-state index in [0.29, 0.717) is 6.42 Å². The Balaban J connectivity index is 2.36. The van der Waals surface area contributed by atoms with Crippen molar-refractivity contribution in [2.45, 2.75) is 64.3 Å². The topological polar surface area (TPSA) is 55.8 Å². The largest absolute Gasteiger partial charge is 0.509 e. The fourth-order valence-electron chi connectivity index (χ4n) is 1.61. The summed E-state index contributed by atoms with van der Waals surface area (Å²) in [5, 5.41) is 9.58. The number of aliphatic hydroxyl groups is 1. The van der Waals surface area contributed by atoms with Gasteiger partial charge in [0.2, 0.25) is 0 Å². The first-order valence-corrected chi connectivity index (χ1v) is 5.46. The van der Waals surface area contributed by atoms with Gasteiger partial charge in [0.25, 0.3) is 0 Å². The highest BCUT2D eigenvalue weighted by Crippen LogP contribution is 2.22. The van der Waals surface area contributed by atoms with E-state index in [1.54, 1.807) is 20.8 Å². The van der Waals surface area contributed by atoms with Crippen LogP contribution in [0.3, 0.4) is 0 Å². The van der Waals surface area contributed by atoms with Crippen LogP contribution in [0.5, 0.6) is 0 Å². The van der Waals surface area contributed by atoms with Crippen molar-refractivity contribution >= 4 is 6.16 Å². The van der Waals surface area contributed by atoms with Crippen molar-refractivity contribution in [3.63, 3.8) is 0 Å². The zero-order chi connectivity index (χ0) is 11.5.